The number of para-hydroxylation sites is 1. The summed E-state index contributed by atoms with van der Waals surface area (Å²) in [7, 11) is -2.78. The van der Waals surface area contributed by atoms with Gasteiger partial charge in [0.15, 0.2) is 5.75 Å². The molecule has 0 aliphatic rings. The van der Waals surface area contributed by atoms with Crippen LogP contribution in [0.1, 0.15) is 0 Å². The number of rotatable bonds is 2. The van der Waals surface area contributed by atoms with Gasteiger partial charge in [-0.25, -0.2) is 0 Å². The van der Waals surface area contributed by atoms with Crippen molar-refractivity contribution in [2.45, 2.75) is 0 Å². The van der Waals surface area contributed by atoms with Crippen LogP contribution in [-0.2, 0) is 4.57 Å². The molecule has 5 heteroatoms. The minimum absolute atomic E-state index is 0. The van der Waals surface area contributed by atoms with E-state index in [0.717, 1.165) is 0 Å². The molecule has 0 aromatic heterocycles. The van der Waals surface area contributed by atoms with Gasteiger partial charge in [0, 0.05) is 0 Å². The van der Waals surface area contributed by atoms with Crippen LogP contribution in [0.4, 0.5) is 0 Å². The summed E-state index contributed by atoms with van der Waals surface area (Å²) >= 11 is 0. The Labute approximate surface area is 77.5 Å². The van der Waals surface area contributed by atoms with Crippen molar-refractivity contribution in [3.05, 3.63) is 30.3 Å². The van der Waals surface area contributed by atoms with Crippen molar-refractivity contribution in [3.8, 4) is 5.75 Å². The average Bonchev–Trinajstić information content (AvgIpc) is 1.88. The van der Waals surface area contributed by atoms with E-state index in [-0.39, 0.29) is 18.9 Å². The third-order valence-corrected chi connectivity index (χ3v) is 1.28. The van der Waals surface area contributed by atoms with Crippen molar-refractivity contribution in [1.82, 2.24) is 0 Å². The molecule has 0 radical (unpaired) electrons. The molecule has 0 amide bonds. The first kappa shape index (κ1) is 10.7. The summed E-state index contributed by atoms with van der Waals surface area (Å²) in [6, 6.07) is 8.34. The first-order valence-electron chi connectivity index (χ1n) is 2.66. The zero-order chi connectivity index (χ0) is 7.40. The Bertz CT molecular complexity index is 227. The number of benzene rings is 1. The van der Waals surface area contributed by atoms with Gasteiger partial charge in [-0.15, -0.1) is 0 Å². The van der Waals surface area contributed by atoms with Crippen molar-refractivity contribution in [2.75, 3.05) is 0 Å². The van der Waals surface area contributed by atoms with Gasteiger partial charge in [-0.05, 0) is 16.7 Å². The summed E-state index contributed by atoms with van der Waals surface area (Å²) in [5.41, 5.74) is 0. The molecular weight excluding hydrogens is 158 g/mol. The molecule has 0 saturated heterocycles. The monoisotopic (exact) mass is 163 g/mol. The minimum atomic E-state index is -2.78. The van der Waals surface area contributed by atoms with Gasteiger partial charge in [0.2, 0.25) is 0 Å². The van der Waals surface area contributed by atoms with Crippen LogP contribution in [0.2, 0.25) is 0 Å². The molecule has 0 aliphatic heterocycles. The summed E-state index contributed by atoms with van der Waals surface area (Å²) < 4.78 is 14.4. The fourth-order valence-corrected chi connectivity index (χ4v) is 0.861. The molecule has 1 rings (SSSR count). The Morgan fingerprint density at radius 1 is 1.27 bits per heavy atom. The third-order valence-electron chi connectivity index (χ3n) is 0.923. The smallest absolute Gasteiger partial charge is 0.558 e. The van der Waals surface area contributed by atoms with Crippen LogP contribution in [-0.4, -0.2) is 0 Å². The van der Waals surface area contributed by atoms with Crippen molar-refractivity contribution >= 4 is 8.25 Å². The van der Waals surface area contributed by atoms with E-state index in [1.165, 1.54) is 0 Å². The van der Waals surface area contributed by atoms with Gasteiger partial charge >= 0.3 is 27.1 Å². The topological polar surface area (TPSA) is 49.4 Å². The van der Waals surface area contributed by atoms with E-state index < -0.39 is 8.25 Å². The fourth-order valence-electron chi connectivity index (χ4n) is 0.567. The van der Waals surface area contributed by atoms with E-state index in [1.54, 1.807) is 30.3 Å². The predicted octanol–water partition coefficient (Wildman–Crippen LogP) is -1.91. The van der Waals surface area contributed by atoms with Gasteiger partial charge in [-0.1, -0.05) is 18.2 Å². The summed E-state index contributed by atoms with van der Waals surface area (Å²) in [6.07, 6.45) is 0. The van der Waals surface area contributed by atoms with Crippen LogP contribution in [0, 0.1) is 0 Å². The maximum atomic E-state index is 9.98. The molecule has 1 aromatic carbocycles. The van der Waals surface area contributed by atoms with Crippen LogP contribution in [0.5, 0.6) is 5.75 Å². The van der Waals surface area contributed by atoms with Gasteiger partial charge in [0.1, 0.15) is 0 Å². The molecule has 0 aliphatic carbocycles. The Balaban J connectivity index is 0.000001000. The van der Waals surface area contributed by atoms with Gasteiger partial charge in [-0.2, -0.15) is 0 Å². The molecule has 0 fully saturated rings. The number of hydrogen-bond acceptors (Lipinski definition) is 3. The quantitative estimate of drug-likeness (QED) is 0.377. The summed E-state index contributed by atoms with van der Waals surface area (Å²) in [5.74, 6) is 0.346. The van der Waals surface area contributed by atoms with Crippen LogP contribution in [0.3, 0.4) is 0 Å². The first-order valence-corrected chi connectivity index (χ1v) is 3.76. The normalized spacial score (nSPS) is 9.73. The number of hydrogen-bond donors (Lipinski definition) is 0. The largest absolute Gasteiger partial charge is 1.00 e. The average molecular weight is 163 g/mol. The Hall–Kier alpha value is -0.323. The van der Waals surface area contributed by atoms with E-state index in [9.17, 15) is 9.46 Å². The standard InChI is InChI=1S/C6H5O3P.Li/c7-10(8)9-6-4-2-1-3-5-6;/h1-5H;/q;+1. The Morgan fingerprint density at radius 2 is 1.82 bits per heavy atom. The zero-order valence-corrected chi connectivity index (χ0v) is 6.95. The van der Waals surface area contributed by atoms with Gasteiger partial charge in [-0.3, -0.25) is 4.52 Å². The minimum Gasteiger partial charge on any atom is -0.558 e. The molecule has 1 atom stereocenters. The first-order chi connectivity index (χ1) is 4.79. The molecule has 3 nitrogen and oxygen atoms in total. The second kappa shape index (κ2) is 5.34. The van der Waals surface area contributed by atoms with E-state index in [0.29, 0.717) is 5.75 Å². The van der Waals surface area contributed by atoms with E-state index in [1.807, 2.05) is 0 Å². The van der Waals surface area contributed by atoms with E-state index in [2.05, 4.69) is 4.52 Å². The van der Waals surface area contributed by atoms with E-state index >= 15 is 0 Å². The SMILES string of the molecule is O=[P+]([O-])Oc1ccccc1.[Li+]. The van der Waals surface area contributed by atoms with Crippen molar-refractivity contribution < 1.29 is 32.8 Å². The molecule has 1 aromatic rings. The molecule has 52 valence electrons. The van der Waals surface area contributed by atoms with E-state index in [4.69, 9.17) is 0 Å². The summed E-state index contributed by atoms with van der Waals surface area (Å²) in [6.45, 7) is 0. The molecule has 0 bridgehead atoms. The van der Waals surface area contributed by atoms with Crippen LogP contribution in [0.25, 0.3) is 0 Å². The Morgan fingerprint density at radius 3 is 2.27 bits per heavy atom. The second-order valence-electron chi connectivity index (χ2n) is 1.63. The van der Waals surface area contributed by atoms with Gasteiger partial charge in [0.05, 0.1) is 0 Å². The zero-order valence-electron chi connectivity index (χ0n) is 6.06. The molecular formula is C6H5LiO3P+. The molecule has 0 saturated carbocycles. The molecule has 1 unspecified atom stereocenters. The summed E-state index contributed by atoms with van der Waals surface area (Å²) in [5, 5.41) is 0. The predicted molar refractivity (Wildman–Crippen MR) is 34.7 cm³/mol. The third kappa shape index (κ3) is 4.18. The van der Waals surface area contributed by atoms with Crippen molar-refractivity contribution in [1.29, 1.82) is 0 Å². The van der Waals surface area contributed by atoms with Crippen LogP contribution < -0.4 is 28.3 Å². The summed E-state index contributed by atoms with van der Waals surface area (Å²) in [4.78, 5) is 9.98. The fraction of sp³-hybridized carbons (Fsp3) is 0. The van der Waals surface area contributed by atoms with Gasteiger partial charge in [0.25, 0.3) is 0 Å². The Kier molecular flexibility index (Phi) is 5.19. The van der Waals surface area contributed by atoms with Gasteiger partial charge < -0.3 is 4.89 Å². The van der Waals surface area contributed by atoms with Crippen LogP contribution in [0.15, 0.2) is 30.3 Å². The van der Waals surface area contributed by atoms with Crippen LogP contribution >= 0.6 is 8.25 Å². The maximum Gasteiger partial charge on any atom is 1.00 e. The second-order valence-corrected chi connectivity index (χ2v) is 2.26. The molecule has 0 spiro atoms. The van der Waals surface area contributed by atoms with Crippen molar-refractivity contribution in [2.24, 2.45) is 0 Å². The molecule has 11 heavy (non-hydrogen) atoms. The molecule has 0 N–H and O–H groups in total. The maximum absolute atomic E-state index is 9.98. The molecule has 0 heterocycles. The van der Waals surface area contributed by atoms with Crippen molar-refractivity contribution in [3.63, 3.8) is 0 Å².